The predicted molar refractivity (Wildman–Crippen MR) is 220 cm³/mol. The van der Waals surface area contributed by atoms with Crippen LogP contribution in [0.5, 0.6) is 0 Å². The van der Waals surface area contributed by atoms with Crippen LogP contribution in [0.1, 0.15) is 0 Å². The molecule has 0 radical (unpaired) electrons. The highest BCUT2D eigenvalue weighted by atomic mass is 16.3. The zero-order valence-corrected chi connectivity index (χ0v) is 28.4. The number of benzene rings is 9. The van der Waals surface area contributed by atoms with Crippen LogP contribution < -0.4 is 4.90 Å². The largest absolute Gasteiger partial charge is 0.456 e. The second kappa shape index (κ2) is 12.5. The van der Waals surface area contributed by atoms with E-state index in [1.165, 1.54) is 49.4 Å². The lowest BCUT2D eigenvalue weighted by Crippen LogP contribution is -2.11. The smallest absolute Gasteiger partial charge is 0.137 e. The van der Waals surface area contributed by atoms with E-state index in [2.05, 4.69) is 193 Å². The fraction of sp³-hybridized carbons (Fsp3) is 0. The van der Waals surface area contributed by atoms with E-state index in [-0.39, 0.29) is 0 Å². The van der Waals surface area contributed by atoms with Crippen LogP contribution in [0.3, 0.4) is 0 Å². The molecule has 1 aromatic heterocycles. The van der Waals surface area contributed by atoms with Gasteiger partial charge in [-0.3, -0.25) is 0 Å². The third kappa shape index (κ3) is 5.30. The van der Waals surface area contributed by atoms with Crippen LogP contribution in [0.2, 0.25) is 0 Å². The van der Waals surface area contributed by atoms with Gasteiger partial charge in [0.05, 0.1) is 5.69 Å². The van der Waals surface area contributed by atoms with Crippen LogP contribution in [-0.2, 0) is 0 Å². The van der Waals surface area contributed by atoms with Crippen molar-refractivity contribution in [2.75, 3.05) is 4.90 Å². The molecule has 10 rings (SSSR count). The summed E-state index contributed by atoms with van der Waals surface area (Å²) in [7, 11) is 0. The third-order valence-electron chi connectivity index (χ3n) is 10.2. The van der Waals surface area contributed by atoms with E-state index in [0.29, 0.717) is 0 Å². The van der Waals surface area contributed by atoms with Crippen LogP contribution >= 0.6 is 0 Å². The Balaban J connectivity index is 1.10. The van der Waals surface area contributed by atoms with Gasteiger partial charge in [0.25, 0.3) is 0 Å². The SMILES string of the molecule is c1ccc(-c2ccc3cc(-c4ccc5ccc(N(c6ccc7c(c6)oc6ccccc67)c6ccccc6-c6ccccc6)cc5c4)ccc3c2)cc1. The Morgan fingerprint density at radius 1 is 0.308 bits per heavy atom. The minimum Gasteiger partial charge on any atom is -0.456 e. The number of furan rings is 1. The third-order valence-corrected chi connectivity index (χ3v) is 10.2. The molecule has 9 aromatic carbocycles. The molecule has 0 aliphatic carbocycles. The zero-order chi connectivity index (χ0) is 34.4. The molecule has 0 bridgehead atoms. The number of fused-ring (bicyclic) bond motifs is 5. The van der Waals surface area contributed by atoms with Crippen molar-refractivity contribution in [2.24, 2.45) is 0 Å². The van der Waals surface area contributed by atoms with Gasteiger partial charge in [-0.05, 0) is 104 Å². The van der Waals surface area contributed by atoms with E-state index in [4.69, 9.17) is 4.42 Å². The quantitative estimate of drug-likeness (QED) is 0.176. The summed E-state index contributed by atoms with van der Waals surface area (Å²) in [5.41, 5.74) is 12.2. The van der Waals surface area contributed by atoms with E-state index in [9.17, 15) is 0 Å². The van der Waals surface area contributed by atoms with Gasteiger partial charge in [0.15, 0.2) is 0 Å². The van der Waals surface area contributed by atoms with Crippen molar-refractivity contribution in [2.45, 2.75) is 0 Å². The number of rotatable bonds is 6. The Hall–Kier alpha value is -6.90. The number of hydrogen-bond acceptors (Lipinski definition) is 2. The van der Waals surface area contributed by atoms with E-state index < -0.39 is 0 Å². The molecule has 52 heavy (non-hydrogen) atoms. The van der Waals surface area contributed by atoms with Crippen LogP contribution in [0, 0.1) is 0 Å². The topological polar surface area (TPSA) is 16.4 Å². The van der Waals surface area contributed by atoms with Crippen LogP contribution in [0.15, 0.2) is 205 Å². The van der Waals surface area contributed by atoms with Crippen molar-refractivity contribution in [1.82, 2.24) is 0 Å². The zero-order valence-electron chi connectivity index (χ0n) is 28.4. The maximum atomic E-state index is 6.40. The summed E-state index contributed by atoms with van der Waals surface area (Å²) >= 11 is 0. The predicted octanol–water partition coefficient (Wildman–Crippen LogP) is 14.4. The Morgan fingerprint density at radius 2 is 0.846 bits per heavy atom. The Morgan fingerprint density at radius 3 is 1.62 bits per heavy atom. The normalized spacial score (nSPS) is 11.5. The molecule has 2 heteroatoms. The Labute approximate surface area is 302 Å². The van der Waals surface area contributed by atoms with E-state index in [0.717, 1.165) is 44.6 Å². The molecule has 0 fully saturated rings. The molecule has 0 amide bonds. The summed E-state index contributed by atoms with van der Waals surface area (Å²) in [6.07, 6.45) is 0. The summed E-state index contributed by atoms with van der Waals surface area (Å²) in [6.45, 7) is 0. The molecule has 1 heterocycles. The van der Waals surface area contributed by atoms with Gasteiger partial charge in [-0.2, -0.15) is 0 Å². The molecule has 0 spiro atoms. The first-order valence-electron chi connectivity index (χ1n) is 17.7. The van der Waals surface area contributed by atoms with Gasteiger partial charge in [0, 0.05) is 33.8 Å². The first-order valence-corrected chi connectivity index (χ1v) is 17.7. The minimum absolute atomic E-state index is 0.871. The van der Waals surface area contributed by atoms with Gasteiger partial charge in [-0.1, -0.05) is 140 Å². The fourth-order valence-electron chi connectivity index (χ4n) is 7.60. The van der Waals surface area contributed by atoms with Crippen LogP contribution in [0.25, 0.3) is 76.9 Å². The number of para-hydroxylation sites is 2. The molecule has 0 aliphatic heterocycles. The summed E-state index contributed by atoms with van der Waals surface area (Å²) in [4.78, 5) is 2.36. The number of anilines is 3. The molecule has 0 saturated heterocycles. The molecule has 0 unspecified atom stereocenters. The lowest BCUT2D eigenvalue weighted by atomic mass is 9.96. The van der Waals surface area contributed by atoms with E-state index >= 15 is 0 Å². The highest BCUT2D eigenvalue weighted by Crippen LogP contribution is 2.43. The molecule has 2 nitrogen and oxygen atoms in total. The molecule has 0 atom stereocenters. The lowest BCUT2D eigenvalue weighted by Gasteiger charge is -2.28. The molecule has 0 aliphatic rings. The van der Waals surface area contributed by atoms with Crippen molar-refractivity contribution in [1.29, 1.82) is 0 Å². The van der Waals surface area contributed by atoms with Crippen LogP contribution in [-0.4, -0.2) is 0 Å². The van der Waals surface area contributed by atoms with Crippen molar-refractivity contribution in [3.63, 3.8) is 0 Å². The second-order valence-corrected chi connectivity index (χ2v) is 13.4. The van der Waals surface area contributed by atoms with E-state index in [1.54, 1.807) is 0 Å². The summed E-state index contributed by atoms with van der Waals surface area (Å²) in [6, 6.07) is 71.8. The van der Waals surface area contributed by atoms with Crippen molar-refractivity contribution < 1.29 is 4.42 Å². The summed E-state index contributed by atoms with van der Waals surface area (Å²) in [5.74, 6) is 0. The van der Waals surface area contributed by atoms with Crippen molar-refractivity contribution in [3.05, 3.63) is 200 Å². The highest BCUT2D eigenvalue weighted by molar-refractivity contribution is 6.06. The first-order chi connectivity index (χ1) is 25.7. The lowest BCUT2D eigenvalue weighted by molar-refractivity contribution is 0.669. The van der Waals surface area contributed by atoms with Gasteiger partial charge < -0.3 is 9.32 Å². The molecular formula is C50H33NO. The molecule has 244 valence electrons. The molecule has 0 N–H and O–H groups in total. The molecule has 0 saturated carbocycles. The average molecular weight is 664 g/mol. The van der Waals surface area contributed by atoms with E-state index in [1.807, 2.05) is 12.1 Å². The molecule has 10 aromatic rings. The number of nitrogens with zero attached hydrogens (tertiary/aromatic N) is 1. The monoisotopic (exact) mass is 663 g/mol. The standard InChI is InChI=1S/C50H33NO/c1-3-11-34(12-4-1)37-21-22-39-30-40(24-23-38(39)29-37)41-20-19-35-25-26-43(32-42(35)31-41)51(48-17-9-7-15-45(48)36-13-5-2-6-14-36)44-27-28-47-46-16-8-10-18-49(46)52-50(47)33-44/h1-33H. The van der Waals surface area contributed by atoms with Gasteiger partial charge >= 0.3 is 0 Å². The molecular weight excluding hydrogens is 631 g/mol. The van der Waals surface area contributed by atoms with Gasteiger partial charge in [0.1, 0.15) is 11.2 Å². The van der Waals surface area contributed by atoms with Gasteiger partial charge in [0.2, 0.25) is 0 Å². The van der Waals surface area contributed by atoms with Crippen molar-refractivity contribution >= 4 is 60.5 Å². The van der Waals surface area contributed by atoms with Crippen LogP contribution in [0.4, 0.5) is 17.1 Å². The highest BCUT2D eigenvalue weighted by Gasteiger charge is 2.19. The van der Waals surface area contributed by atoms with Gasteiger partial charge in [-0.25, -0.2) is 0 Å². The Bertz CT molecular complexity index is 2910. The van der Waals surface area contributed by atoms with Gasteiger partial charge in [-0.15, -0.1) is 0 Å². The maximum Gasteiger partial charge on any atom is 0.137 e. The second-order valence-electron chi connectivity index (χ2n) is 13.4. The first kappa shape index (κ1) is 30.0. The average Bonchev–Trinajstić information content (AvgIpc) is 3.59. The number of hydrogen-bond donors (Lipinski definition) is 0. The minimum atomic E-state index is 0.871. The van der Waals surface area contributed by atoms with Crippen molar-refractivity contribution in [3.8, 4) is 33.4 Å². The summed E-state index contributed by atoms with van der Waals surface area (Å²) in [5, 5.41) is 7.10. The summed E-state index contributed by atoms with van der Waals surface area (Å²) < 4.78 is 6.40. The fourth-order valence-corrected chi connectivity index (χ4v) is 7.60. The maximum absolute atomic E-state index is 6.40. The Kier molecular flexibility index (Phi) is 7.18.